The smallest absolute Gasteiger partial charge is 0.139 e. The van der Waals surface area contributed by atoms with Crippen molar-refractivity contribution in [2.24, 2.45) is 7.05 Å². The first kappa shape index (κ1) is 12.5. The minimum absolute atomic E-state index is 0.207. The van der Waals surface area contributed by atoms with E-state index < -0.39 is 0 Å². The Kier molecular flexibility index (Phi) is 3.87. The summed E-state index contributed by atoms with van der Waals surface area (Å²) in [5.41, 5.74) is 3.22. The van der Waals surface area contributed by atoms with Crippen LogP contribution in [0.1, 0.15) is 23.2 Å². The molecule has 0 fully saturated rings. The van der Waals surface area contributed by atoms with Gasteiger partial charge in [0.1, 0.15) is 5.78 Å². The van der Waals surface area contributed by atoms with Crippen LogP contribution in [0, 0.1) is 6.92 Å². The van der Waals surface area contributed by atoms with Crippen LogP contribution < -0.4 is 0 Å². The van der Waals surface area contributed by atoms with Crippen LogP contribution in [0.25, 0.3) is 0 Å². The first-order chi connectivity index (χ1) is 8.65. The minimum atomic E-state index is 0.207. The van der Waals surface area contributed by atoms with E-state index >= 15 is 0 Å². The van der Waals surface area contributed by atoms with Crippen molar-refractivity contribution < 1.29 is 4.79 Å². The Morgan fingerprint density at radius 3 is 2.78 bits per heavy atom. The maximum absolute atomic E-state index is 11.8. The Balaban J connectivity index is 1.87. The van der Waals surface area contributed by atoms with Gasteiger partial charge in [0.2, 0.25) is 0 Å². The van der Waals surface area contributed by atoms with Gasteiger partial charge >= 0.3 is 0 Å². The highest BCUT2D eigenvalue weighted by molar-refractivity contribution is 5.80. The molecule has 0 aliphatic heterocycles. The van der Waals surface area contributed by atoms with Gasteiger partial charge in [0.25, 0.3) is 0 Å². The minimum Gasteiger partial charge on any atom is -0.299 e. The highest BCUT2D eigenvalue weighted by Gasteiger charge is 2.08. The molecule has 1 aromatic heterocycles. The molecular weight excluding hydrogens is 226 g/mol. The molecule has 0 spiro atoms. The van der Waals surface area contributed by atoms with Crippen molar-refractivity contribution in [2.45, 2.75) is 26.2 Å². The molecule has 0 saturated heterocycles. The number of rotatable bonds is 5. The van der Waals surface area contributed by atoms with Crippen molar-refractivity contribution in [3.05, 3.63) is 47.3 Å². The monoisotopic (exact) mass is 243 g/mol. The Bertz CT molecular complexity index is 545. The summed E-state index contributed by atoms with van der Waals surface area (Å²) in [6.45, 7) is 2.07. The lowest BCUT2D eigenvalue weighted by atomic mass is 10.0. The second kappa shape index (κ2) is 5.58. The Hall–Kier alpha value is -1.97. The topological polar surface area (TPSA) is 47.8 Å². The van der Waals surface area contributed by atoms with E-state index in [0.717, 1.165) is 12.1 Å². The van der Waals surface area contributed by atoms with Gasteiger partial charge in [-0.05, 0) is 24.5 Å². The molecule has 0 radical (unpaired) electrons. The van der Waals surface area contributed by atoms with E-state index in [4.69, 9.17) is 0 Å². The summed E-state index contributed by atoms with van der Waals surface area (Å²) >= 11 is 0. The zero-order chi connectivity index (χ0) is 13.0. The molecule has 2 aromatic rings. The molecule has 0 unspecified atom stereocenters. The fraction of sp³-hybridized carbons (Fsp3) is 0.357. The van der Waals surface area contributed by atoms with Gasteiger partial charge in [0.05, 0.1) is 12.1 Å². The Morgan fingerprint density at radius 2 is 2.11 bits per heavy atom. The van der Waals surface area contributed by atoms with Crippen molar-refractivity contribution >= 4 is 5.78 Å². The lowest BCUT2D eigenvalue weighted by molar-refractivity contribution is -0.118. The van der Waals surface area contributed by atoms with Crippen LogP contribution in [0.15, 0.2) is 30.5 Å². The van der Waals surface area contributed by atoms with Gasteiger partial charge < -0.3 is 0 Å². The fourth-order valence-electron chi connectivity index (χ4n) is 1.93. The van der Waals surface area contributed by atoms with Crippen LogP contribution in [0.5, 0.6) is 0 Å². The summed E-state index contributed by atoms with van der Waals surface area (Å²) < 4.78 is 1.62. The van der Waals surface area contributed by atoms with Crippen LogP contribution in [-0.4, -0.2) is 20.8 Å². The standard InChI is InChI=1S/C14H17N3O/c1-11-5-3-4-6-12(11)7-8-14(18)9-13-10-17(2)16-15-13/h3-6,10H,7-9H2,1-2H3. The molecule has 0 aliphatic carbocycles. The van der Waals surface area contributed by atoms with E-state index in [1.807, 2.05) is 12.1 Å². The van der Waals surface area contributed by atoms with Crippen LogP contribution in [0.3, 0.4) is 0 Å². The molecule has 1 heterocycles. The number of ketones is 1. The Morgan fingerprint density at radius 1 is 1.33 bits per heavy atom. The van der Waals surface area contributed by atoms with Gasteiger partial charge in [-0.25, -0.2) is 0 Å². The van der Waals surface area contributed by atoms with E-state index in [-0.39, 0.29) is 5.78 Å². The number of hydrogen-bond acceptors (Lipinski definition) is 3. The molecule has 4 heteroatoms. The van der Waals surface area contributed by atoms with Crippen LogP contribution >= 0.6 is 0 Å². The van der Waals surface area contributed by atoms with Crippen molar-refractivity contribution in [3.8, 4) is 0 Å². The largest absolute Gasteiger partial charge is 0.299 e. The lowest BCUT2D eigenvalue weighted by Crippen LogP contribution is -2.05. The number of aryl methyl sites for hydroxylation is 3. The van der Waals surface area contributed by atoms with Crippen LogP contribution in [-0.2, 0) is 24.7 Å². The van der Waals surface area contributed by atoms with Crippen LogP contribution in [0.4, 0.5) is 0 Å². The van der Waals surface area contributed by atoms with E-state index in [9.17, 15) is 4.79 Å². The molecule has 0 bridgehead atoms. The van der Waals surface area contributed by atoms with Gasteiger partial charge in [-0.1, -0.05) is 29.5 Å². The van der Waals surface area contributed by atoms with E-state index in [1.54, 1.807) is 17.9 Å². The van der Waals surface area contributed by atoms with Crippen molar-refractivity contribution in [3.63, 3.8) is 0 Å². The number of benzene rings is 1. The second-order valence-corrected chi connectivity index (χ2v) is 4.53. The number of nitrogens with zero attached hydrogens (tertiary/aromatic N) is 3. The van der Waals surface area contributed by atoms with Crippen molar-refractivity contribution in [1.29, 1.82) is 0 Å². The van der Waals surface area contributed by atoms with Gasteiger partial charge in [0, 0.05) is 19.7 Å². The third-order valence-corrected chi connectivity index (χ3v) is 2.96. The number of hydrogen-bond donors (Lipinski definition) is 0. The first-order valence-electron chi connectivity index (χ1n) is 6.06. The zero-order valence-corrected chi connectivity index (χ0v) is 10.8. The molecule has 0 atom stereocenters. The number of Topliss-reactive ketones (excluding diaryl/α,β-unsaturated/α-hetero) is 1. The molecule has 2 rings (SSSR count). The third-order valence-electron chi connectivity index (χ3n) is 2.96. The molecule has 94 valence electrons. The highest BCUT2D eigenvalue weighted by atomic mass is 16.1. The lowest BCUT2D eigenvalue weighted by Gasteiger charge is -2.04. The van der Waals surface area contributed by atoms with E-state index in [2.05, 4.69) is 29.4 Å². The average molecular weight is 243 g/mol. The Labute approximate surface area is 107 Å². The maximum Gasteiger partial charge on any atom is 0.139 e. The third kappa shape index (κ3) is 3.26. The SMILES string of the molecule is Cc1ccccc1CCC(=O)Cc1cn(C)nn1. The fourth-order valence-corrected chi connectivity index (χ4v) is 1.93. The molecule has 0 amide bonds. The molecule has 0 N–H and O–H groups in total. The zero-order valence-electron chi connectivity index (χ0n) is 10.8. The second-order valence-electron chi connectivity index (χ2n) is 4.53. The van der Waals surface area contributed by atoms with Crippen molar-refractivity contribution in [2.75, 3.05) is 0 Å². The average Bonchev–Trinajstić information content (AvgIpc) is 2.74. The number of carbonyl (C=O) groups is 1. The van der Waals surface area contributed by atoms with Gasteiger partial charge in [-0.3, -0.25) is 9.48 Å². The van der Waals surface area contributed by atoms with Gasteiger partial charge in [-0.2, -0.15) is 0 Å². The summed E-state index contributed by atoms with van der Waals surface area (Å²) in [4.78, 5) is 11.8. The molecule has 4 nitrogen and oxygen atoms in total. The predicted molar refractivity (Wildman–Crippen MR) is 69.2 cm³/mol. The van der Waals surface area contributed by atoms with Gasteiger partial charge in [0.15, 0.2) is 0 Å². The predicted octanol–water partition coefficient (Wildman–Crippen LogP) is 1.87. The first-order valence-corrected chi connectivity index (χ1v) is 6.06. The summed E-state index contributed by atoms with van der Waals surface area (Å²) in [5, 5.41) is 7.74. The summed E-state index contributed by atoms with van der Waals surface area (Å²) in [6.07, 6.45) is 3.51. The molecule has 0 aliphatic rings. The summed E-state index contributed by atoms with van der Waals surface area (Å²) in [7, 11) is 1.80. The number of aromatic nitrogens is 3. The molecule has 18 heavy (non-hydrogen) atoms. The van der Waals surface area contributed by atoms with Crippen LogP contribution in [0.2, 0.25) is 0 Å². The maximum atomic E-state index is 11.8. The molecular formula is C14H17N3O. The van der Waals surface area contributed by atoms with E-state index in [0.29, 0.717) is 12.8 Å². The normalized spacial score (nSPS) is 10.6. The van der Waals surface area contributed by atoms with Crippen molar-refractivity contribution in [1.82, 2.24) is 15.0 Å². The molecule has 0 saturated carbocycles. The van der Waals surface area contributed by atoms with Gasteiger partial charge in [-0.15, -0.1) is 5.10 Å². The summed E-state index contributed by atoms with van der Waals surface area (Å²) in [5.74, 6) is 0.207. The number of carbonyl (C=O) groups excluding carboxylic acids is 1. The van der Waals surface area contributed by atoms with E-state index in [1.165, 1.54) is 11.1 Å². The quantitative estimate of drug-likeness (QED) is 0.805. The molecule has 1 aromatic carbocycles. The highest BCUT2D eigenvalue weighted by Crippen LogP contribution is 2.10. The summed E-state index contributed by atoms with van der Waals surface area (Å²) in [6, 6.07) is 8.17.